The summed E-state index contributed by atoms with van der Waals surface area (Å²) in [6.45, 7) is 2.01. The van der Waals surface area contributed by atoms with Crippen LogP contribution in [0.3, 0.4) is 0 Å². The highest BCUT2D eigenvalue weighted by Crippen LogP contribution is 2.35. The summed E-state index contributed by atoms with van der Waals surface area (Å²) in [6.07, 6.45) is 1.01. The molecule has 1 aromatic carbocycles. The molecule has 0 saturated heterocycles. The molecule has 1 nitrogen and oxygen atoms in total. The van der Waals surface area contributed by atoms with Crippen LogP contribution in [0.2, 0.25) is 0 Å². The largest absolute Gasteiger partial charge is 0.455 e. The molecule has 2 heterocycles. The third kappa shape index (κ3) is 1.59. The number of rotatable bonds is 0. The molecule has 0 radical (unpaired) electrons. The predicted molar refractivity (Wildman–Crippen MR) is 62.3 cm³/mol. The minimum Gasteiger partial charge on any atom is -0.455 e. The van der Waals surface area contributed by atoms with Crippen LogP contribution >= 0.6 is 11.8 Å². The molecule has 1 aliphatic heterocycles. The fourth-order valence-corrected chi connectivity index (χ4v) is 3.09. The Labute approximate surface area is 93.5 Å². The molecule has 3 rings (SSSR count). The van der Waals surface area contributed by atoms with Crippen molar-refractivity contribution in [3.05, 3.63) is 52.8 Å². The number of aryl methyl sites for hydroxylation is 1. The minimum absolute atomic E-state index is 1.01. The van der Waals surface area contributed by atoms with Crippen LogP contribution in [0.25, 0.3) is 0 Å². The van der Waals surface area contributed by atoms with Crippen molar-refractivity contribution in [1.82, 2.24) is 0 Å². The van der Waals surface area contributed by atoms with Crippen LogP contribution in [-0.4, -0.2) is 0 Å². The lowest BCUT2D eigenvalue weighted by Crippen LogP contribution is -1.89. The Morgan fingerprint density at radius 2 is 1.93 bits per heavy atom. The second-order valence-electron chi connectivity index (χ2n) is 3.90. The molecule has 0 atom stereocenters. The summed E-state index contributed by atoms with van der Waals surface area (Å²) in [4.78, 5) is 0. The molecule has 15 heavy (non-hydrogen) atoms. The summed E-state index contributed by atoms with van der Waals surface area (Å²) < 4.78 is 5.68. The SMILES string of the molecule is Cc1cc2c(o1)SCc1ccccc1C2. The maximum absolute atomic E-state index is 5.68. The second kappa shape index (κ2) is 3.46. The number of thioether (sulfide) groups is 1. The average molecular weight is 216 g/mol. The molecule has 1 aromatic heterocycles. The van der Waals surface area contributed by atoms with Gasteiger partial charge in [-0.15, -0.1) is 0 Å². The maximum Gasteiger partial charge on any atom is 0.164 e. The van der Waals surface area contributed by atoms with Gasteiger partial charge >= 0.3 is 0 Å². The molecule has 0 fully saturated rings. The van der Waals surface area contributed by atoms with Crippen LogP contribution in [0.4, 0.5) is 0 Å². The molecule has 0 saturated carbocycles. The van der Waals surface area contributed by atoms with Crippen molar-refractivity contribution >= 4 is 11.8 Å². The predicted octanol–water partition coefficient (Wildman–Crippen LogP) is 3.78. The molecule has 2 heteroatoms. The third-order valence-corrected chi connectivity index (χ3v) is 3.81. The van der Waals surface area contributed by atoms with Gasteiger partial charge in [-0.05, 0) is 24.1 Å². The Bertz CT molecular complexity index is 499. The molecule has 76 valence electrons. The van der Waals surface area contributed by atoms with Crippen molar-refractivity contribution in [3.63, 3.8) is 0 Å². The normalized spacial score (nSPS) is 14.2. The summed E-state index contributed by atoms with van der Waals surface area (Å²) in [7, 11) is 0. The van der Waals surface area contributed by atoms with E-state index in [4.69, 9.17) is 4.42 Å². The van der Waals surface area contributed by atoms with Gasteiger partial charge in [-0.1, -0.05) is 36.0 Å². The van der Waals surface area contributed by atoms with Crippen molar-refractivity contribution in [2.75, 3.05) is 0 Å². The van der Waals surface area contributed by atoms with E-state index >= 15 is 0 Å². The molecule has 0 aliphatic carbocycles. The van der Waals surface area contributed by atoms with Gasteiger partial charge in [0.2, 0.25) is 0 Å². The number of hydrogen-bond acceptors (Lipinski definition) is 2. The van der Waals surface area contributed by atoms with Crippen LogP contribution < -0.4 is 0 Å². The molecule has 2 aromatic rings. The summed E-state index contributed by atoms with van der Waals surface area (Å²) >= 11 is 1.81. The first-order valence-corrected chi connectivity index (χ1v) is 6.10. The summed E-state index contributed by atoms with van der Waals surface area (Å²) in [6, 6.07) is 10.8. The lowest BCUT2D eigenvalue weighted by Gasteiger charge is -2.02. The van der Waals surface area contributed by atoms with Crippen molar-refractivity contribution < 1.29 is 4.42 Å². The lowest BCUT2D eigenvalue weighted by atomic mass is 10.0. The zero-order chi connectivity index (χ0) is 10.3. The van der Waals surface area contributed by atoms with E-state index in [1.165, 1.54) is 16.7 Å². The Kier molecular flexibility index (Phi) is 2.10. The topological polar surface area (TPSA) is 13.1 Å². The molecule has 0 N–H and O–H groups in total. The first-order valence-electron chi connectivity index (χ1n) is 5.12. The van der Waals surface area contributed by atoms with Crippen LogP contribution in [0.15, 0.2) is 39.8 Å². The van der Waals surface area contributed by atoms with Gasteiger partial charge in [-0.2, -0.15) is 0 Å². The molecule has 0 spiro atoms. The molecular formula is C13H12OS. The van der Waals surface area contributed by atoms with Gasteiger partial charge in [-0.25, -0.2) is 0 Å². The molecule has 0 unspecified atom stereocenters. The summed E-state index contributed by atoms with van der Waals surface area (Å²) in [5.74, 6) is 2.04. The van der Waals surface area contributed by atoms with Gasteiger partial charge in [0.1, 0.15) is 5.76 Å². The van der Waals surface area contributed by atoms with Gasteiger partial charge < -0.3 is 4.42 Å². The van der Waals surface area contributed by atoms with E-state index in [2.05, 4.69) is 30.3 Å². The number of hydrogen-bond donors (Lipinski definition) is 0. The van der Waals surface area contributed by atoms with Gasteiger partial charge in [0.05, 0.1) is 0 Å². The third-order valence-electron chi connectivity index (χ3n) is 2.75. The summed E-state index contributed by atoms with van der Waals surface area (Å²) in [5, 5.41) is 1.10. The maximum atomic E-state index is 5.68. The van der Waals surface area contributed by atoms with E-state index < -0.39 is 0 Å². The van der Waals surface area contributed by atoms with E-state index in [1.807, 2.05) is 6.92 Å². The number of furan rings is 1. The van der Waals surface area contributed by atoms with Gasteiger partial charge in [0.15, 0.2) is 5.09 Å². The molecular weight excluding hydrogens is 204 g/mol. The van der Waals surface area contributed by atoms with Crippen LogP contribution in [0.1, 0.15) is 22.5 Å². The summed E-state index contributed by atoms with van der Waals surface area (Å²) in [5.41, 5.74) is 4.21. The number of fused-ring (bicyclic) bond motifs is 2. The van der Waals surface area contributed by atoms with Crippen molar-refractivity contribution in [2.45, 2.75) is 24.2 Å². The average Bonchev–Trinajstić information content (AvgIpc) is 2.49. The van der Waals surface area contributed by atoms with E-state index in [9.17, 15) is 0 Å². The van der Waals surface area contributed by atoms with Gasteiger partial charge in [-0.3, -0.25) is 0 Å². The highest BCUT2D eigenvalue weighted by molar-refractivity contribution is 7.98. The van der Waals surface area contributed by atoms with E-state index in [0.29, 0.717) is 0 Å². The van der Waals surface area contributed by atoms with Crippen molar-refractivity contribution in [2.24, 2.45) is 0 Å². The van der Waals surface area contributed by atoms with Crippen molar-refractivity contribution in [3.8, 4) is 0 Å². The Morgan fingerprint density at radius 3 is 2.80 bits per heavy atom. The molecule has 0 amide bonds. The highest BCUT2D eigenvalue weighted by atomic mass is 32.2. The van der Waals surface area contributed by atoms with Gasteiger partial charge in [0, 0.05) is 17.7 Å². The van der Waals surface area contributed by atoms with Crippen molar-refractivity contribution in [1.29, 1.82) is 0 Å². The van der Waals surface area contributed by atoms with Crippen LogP contribution in [-0.2, 0) is 12.2 Å². The lowest BCUT2D eigenvalue weighted by molar-refractivity contribution is 0.445. The highest BCUT2D eigenvalue weighted by Gasteiger charge is 2.16. The smallest absolute Gasteiger partial charge is 0.164 e. The van der Waals surface area contributed by atoms with Crippen LogP contribution in [0.5, 0.6) is 0 Å². The quantitative estimate of drug-likeness (QED) is 0.664. The standard InChI is InChI=1S/C13H12OS/c1-9-6-12-7-10-4-2-3-5-11(10)8-15-13(12)14-9/h2-6H,7-8H2,1H3. The number of benzene rings is 1. The first-order chi connectivity index (χ1) is 7.33. The zero-order valence-corrected chi connectivity index (χ0v) is 9.43. The van der Waals surface area contributed by atoms with E-state index in [-0.39, 0.29) is 0 Å². The second-order valence-corrected chi connectivity index (χ2v) is 4.85. The Balaban J connectivity index is 2.08. The first kappa shape index (κ1) is 9.10. The monoisotopic (exact) mass is 216 g/mol. The zero-order valence-electron chi connectivity index (χ0n) is 8.62. The Morgan fingerprint density at radius 1 is 1.13 bits per heavy atom. The molecule has 1 aliphatic rings. The Hall–Kier alpha value is -1.15. The fraction of sp³-hybridized carbons (Fsp3) is 0.231. The van der Waals surface area contributed by atoms with Crippen LogP contribution in [0, 0.1) is 6.92 Å². The fourth-order valence-electron chi connectivity index (χ4n) is 2.01. The van der Waals surface area contributed by atoms with E-state index in [0.717, 1.165) is 23.0 Å². The van der Waals surface area contributed by atoms with E-state index in [1.54, 1.807) is 11.8 Å². The molecule has 0 bridgehead atoms. The van der Waals surface area contributed by atoms with Gasteiger partial charge in [0.25, 0.3) is 0 Å². The minimum atomic E-state index is 1.01.